The molecule has 2 N–H and O–H groups in total. The normalized spacial score (nSPS) is 22.7. The molecule has 0 aromatic heterocycles. The molecule has 0 aromatic rings. The van der Waals surface area contributed by atoms with Crippen LogP contribution in [0.5, 0.6) is 0 Å². The fraction of sp³-hybridized carbons (Fsp3) is 0.933. The van der Waals surface area contributed by atoms with Crippen LogP contribution in [0.25, 0.3) is 0 Å². The number of rotatable bonds is 4. The van der Waals surface area contributed by atoms with Crippen LogP contribution in [0.2, 0.25) is 0 Å². The third kappa shape index (κ3) is 5.29. The van der Waals surface area contributed by atoms with Gasteiger partial charge in [0.05, 0.1) is 0 Å². The quantitative estimate of drug-likeness (QED) is 0.857. The summed E-state index contributed by atoms with van der Waals surface area (Å²) in [6.45, 7) is 14.1. The number of hydrogen-bond acceptors (Lipinski definition) is 4. The predicted octanol–water partition coefficient (Wildman–Crippen LogP) is 1.91. The summed E-state index contributed by atoms with van der Waals surface area (Å²) in [4.78, 5) is 16.3. The van der Waals surface area contributed by atoms with Gasteiger partial charge in [-0.2, -0.15) is 0 Å². The van der Waals surface area contributed by atoms with Crippen LogP contribution in [0.4, 0.5) is 4.79 Å². The Morgan fingerprint density at radius 1 is 1.40 bits per heavy atom. The van der Waals surface area contributed by atoms with E-state index in [1.54, 1.807) is 4.90 Å². The van der Waals surface area contributed by atoms with Crippen LogP contribution >= 0.6 is 0 Å². The second-order valence-corrected chi connectivity index (χ2v) is 6.82. The number of ether oxygens (including phenoxy) is 1. The van der Waals surface area contributed by atoms with Crippen molar-refractivity contribution in [2.45, 2.75) is 52.7 Å². The van der Waals surface area contributed by atoms with Gasteiger partial charge < -0.3 is 15.4 Å². The predicted molar refractivity (Wildman–Crippen MR) is 81.7 cm³/mol. The first kappa shape index (κ1) is 17.2. The van der Waals surface area contributed by atoms with E-state index in [1.165, 1.54) is 6.42 Å². The van der Waals surface area contributed by atoms with E-state index >= 15 is 0 Å². The molecule has 5 heteroatoms. The van der Waals surface area contributed by atoms with Gasteiger partial charge in [0, 0.05) is 38.8 Å². The molecule has 1 rings (SSSR count). The van der Waals surface area contributed by atoms with Gasteiger partial charge in [0.15, 0.2) is 0 Å². The average molecular weight is 285 g/mol. The van der Waals surface area contributed by atoms with Crippen LogP contribution in [0, 0.1) is 5.92 Å². The van der Waals surface area contributed by atoms with E-state index in [0.717, 1.165) is 19.6 Å². The summed E-state index contributed by atoms with van der Waals surface area (Å²) < 4.78 is 5.44. The van der Waals surface area contributed by atoms with E-state index in [-0.39, 0.29) is 12.1 Å². The Balaban J connectivity index is 2.56. The molecule has 20 heavy (non-hydrogen) atoms. The van der Waals surface area contributed by atoms with Gasteiger partial charge in [0.25, 0.3) is 0 Å². The Kier molecular flexibility index (Phi) is 6.27. The largest absolute Gasteiger partial charge is 0.444 e. The van der Waals surface area contributed by atoms with Gasteiger partial charge in [-0.1, -0.05) is 20.3 Å². The molecule has 0 aliphatic carbocycles. The van der Waals surface area contributed by atoms with Crippen molar-refractivity contribution in [3.63, 3.8) is 0 Å². The molecule has 5 nitrogen and oxygen atoms in total. The van der Waals surface area contributed by atoms with Gasteiger partial charge in [0.1, 0.15) is 5.60 Å². The number of nitrogens with zero attached hydrogens (tertiary/aromatic N) is 2. The Labute approximate surface area is 123 Å². The molecule has 0 bridgehead atoms. The SMILES string of the molecule is CCC(C)CN1CCN(C(=O)OC(C)(C)C)CC1CN. The van der Waals surface area contributed by atoms with Gasteiger partial charge >= 0.3 is 6.09 Å². The van der Waals surface area contributed by atoms with Crippen LogP contribution < -0.4 is 5.73 Å². The fourth-order valence-corrected chi connectivity index (χ4v) is 2.38. The molecule has 0 spiro atoms. The summed E-state index contributed by atoms with van der Waals surface area (Å²) in [6, 6.07) is 0.241. The minimum atomic E-state index is -0.441. The van der Waals surface area contributed by atoms with Crippen LogP contribution in [-0.4, -0.2) is 60.3 Å². The zero-order valence-corrected chi connectivity index (χ0v) is 13.7. The van der Waals surface area contributed by atoms with Crippen LogP contribution in [0.1, 0.15) is 41.0 Å². The maximum atomic E-state index is 12.1. The molecule has 2 atom stereocenters. The number of amides is 1. The van der Waals surface area contributed by atoms with Gasteiger partial charge in [-0.3, -0.25) is 4.90 Å². The molecule has 1 heterocycles. The van der Waals surface area contributed by atoms with Crippen LogP contribution in [0.15, 0.2) is 0 Å². The second kappa shape index (κ2) is 7.27. The van der Waals surface area contributed by atoms with Crippen molar-refractivity contribution in [2.24, 2.45) is 11.7 Å². The molecular weight excluding hydrogens is 254 g/mol. The summed E-state index contributed by atoms with van der Waals surface area (Å²) in [5, 5.41) is 0. The van der Waals surface area contributed by atoms with Crippen molar-refractivity contribution < 1.29 is 9.53 Å². The average Bonchev–Trinajstić information content (AvgIpc) is 2.36. The maximum Gasteiger partial charge on any atom is 0.410 e. The van der Waals surface area contributed by atoms with Crippen LogP contribution in [-0.2, 0) is 4.74 Å². The highest BCUT2D eigenvalue weighted by atomic mass is 16.6. The van der Waals surface area contributed by atoms with Crippen molar-refractivity contribution in [3.05, 3.63) is 0 Å². The Morgan fingerprint density at radius 3 is 2.55 bits per heavy atom. The van der Waals surface area contributed by atoms with Gasteiger partial charge in [-0.15, -0.1) is 0 Å². The fourth-order valence-electron chi connectivity index (χ4n) is 2.38. The zero-order chi connectivity index (χ0) is 15.3. The van der Waals surface area contributed by atoms with E-state index in [4.69, 9.17) is 10.5 Å². The highest BCUT2D eigenvalue weighted by Crippen LogP contribution is 2.16. The monoisotopic (exact) mass is 285 g/mol. The first-order valence-corrected chi connectivity index (χ1v) is 7.68. The lowest BCUT2D eigenvalue weighted by Crippen LogP contribution is -2.58. The highest BCUT2D eigenvalue weighted by Gasteiger charge is 2.31. The van der Waals surface area contributed by atoms with E-state index in [1.807, 2.05) is 20.8 Å². The smallest absolute Gasteiger partial charge is 0.410 e. The second-order valence-electron chi connectivity index (χ2n) is 6.82. The molecule has 2 unspecified atom stereocenters. The lowest BCUT2D eigenvalue weighted by molar-refractivity contribution is 0.00280. The number of piperazine rings is 1. The first-order valence-electron chi connectivity index (χ1n) is 7.68. The highest BCUT2D eigenvalue weighted by molar-refractivity contribution is 5.68. The number of hydrogen-bond donors (Lipinski definition) is 1. The molecular formula is C15H31N3O2. The van der Waals surface area contributed by atoms with Crippen molar-refractivity contribution in [1.82, 2.24) is 9.80 Å². The molecule has 0 radical (unpaired) electrons. The minimum absolute atomic E-state index is 0.223. The Bertz CT molecular complexity index is 315. The maximum absolute atomic E-state index is 12.1. The number of carbonyl (C=O) groups is 1. The van der Waals surface area contributed by atoms with E-state index in [9.17, 15) is 4.79 Å². The van der Waals surface area contributed by atoms with E-state index in [2.05, 4.69) is 18.7 Å². The van der Waals surface area contributed by atoms with Crippen molar-refractivity contribution in [3.8, 4) is 0 Å². The first-order chi connectivity index (χ1) is 9.26. The molecule has 1 aliphatic rings. The minimum Gasteiger partial charge on any atom is -0.444 e. The summed E-state index contributed by atoms with van der Waals surface area (Å²) in [5.74, 6) is 0.664. The molecule has 118 valence electrons. The van der Waals surface area contributed by atoms with Crippen molar-refractivity contribution in [1.29, 1.82) is 0 Å². The topological polar surface area (TPSA) is 58.8 Å². The molecule has 1 saturated heterocycles. The Morgan fingerprint density at radius 2 is 2.05 bits per heavy atom. The zero-order valence-electron chi connectivity index (χ0n) is 13.7. The lowest BCUT2D eigenvalue weighted by Gasteiger charge is -2.42. The standard InChI is InChI=1S/C15H31N3O2/c1-6-12(2)10-17-7-8-18(11-13(17)9-16)14(19)20-15(3,4)5/h12-13H,6-11,16H2,1-5H3. The van der Waals surface area contributed by atoms with Gasteiger partial charge in [-0.25, -0.2) is 4.79 Å². The van der Waals surface area contributed by atoms with Gasteiger partial charge in [-0.05, 0) is 26.7 Å². The molecule has 1 fully saturated rings. The van der Waals surface area contributed by atoms with E-state index < -0.39 is 5.60 Å². The summed E-state index contributed by atoms with van der Waals surface area (Å²) >= 11 is 0. The molecule has 0 aromatic carbocycles. The van der Waals surface area contributed by atoms with Crippen LogP contribution in [0.3, 0.4) is 0 Å². The Hall–Kier alpha value is -0.810. The van der Waals surface area contributed by atoms with Crippen molar-refractivity contribution >= 4 is 6.09 Å². The third-order valence-electron chi connectivity index (χ3n) is 3.77. The third-order valence-corrected chi connectivity index (χ3v) is 3.77. The molecule has 1 amide bonds. The summed E-state index contributed by atoms with van der Waals surface area (Å²) in [5.41, 5.74) is 5.44. The number of nitrogens with two attached hydrogens (primary N) is 1. The summed E-state index contributed by atoms with van der Waals surface area (Å²) in [6.07, 6.45) is 0.947. The molecule has 1 aliphatic heterocycles. The lowest BCUT2D eigenvalue weighted by atomic mass is 10.1. The molecule has 0 saturated carbocycles. The summed E-state index contributed by atoms with van der Waals surface area (Å²) in [7, 11) is 0. The van der Waals surface area contributed by atoms with Gasteiger partial charge in [0.2, 0.25) is 0 Å². The van der Waals surface area contributed by atoms with Crippen molar-refractivity contribution in [2.75, 3.05) is 32.7 Å². The van der Waals surface area contributed by atoms with E-state index in [0.29, 0.717) is 19.0 Å². The number of carbonyl (C=O) groups excluding carboxylic acids is 1.